The molecular weight excluding hydrogens is 414 g/mol. The van der Waals surface area contributed by atoms with Gasteiger partial charge in [0.2, 0.25) is 0 Å². The molecule has 3 aromatic rings. The van der Waals surface area contributed by atoms with Crippen LogP contribution in [0, 0.1) is 18.8 Å². The highest BCUT2D eigenvalue weighted by Gasteiger charge is 2.30. The van der Waals surface area contributed by atoms with Crippen LogP contribution in [0.2, 0.25) is 0 Å². The standard InChI is InChI=1S/C23H28BrN3O/c1-16-21-22(24)26-23(27(21)13-12-25-16)19-10-8-18(9-11-19)20(15-28-2)14-17-6-4-3-5-7-17/h3-7,12-13,18-20H,8-11,14-15H2,1-2H3. The van der Waals surface area contributed by atoms with Gasteiger partial charge in [-0.15, -0.1) is 0 Å². The van der Waals surface area contributed by atoms with E-state index in [9.17, 15) is 0 Å². The summed E-state index contributed by atoms with van der Waals surface area (Å²) in [4.78, 5) is 9.28. The van der Waals surface area contributed by atoms with Crippen molar-refractivity contribution >= 4 is 21.4 Å². The summed E-state index contributed by atoms with van der Waals surface area (Å²) >= 11 is 3.64. The molecule has 4 rings (SSSR count). The van der Waals surface area contributed by atoms with Gasteiger partial charge >= 0.3 is 0 Å². The molecule has 2 heterocycles. The normalized spacial score (nSPS) is 21.1. The number of imidazole rings is 1. The van der Waals surface area contributed by atoms with Crippen molar-refractivity contribution < 1.29 is 4.74 Å². The molecule has 0 bridgehead atoms. The van der Waals surface area contributed by atoms with Crippen LogP contribution in [0.3, 0.4) is 0 Å². The number of aromatic nitrogens is 3. The Labute approximate surface area is 175 Å². The van der Waals surface area contributed by atoms with Gasteiger partial charge in [0.1, 0.15) is 15.9 Å². The second kappa shape index (κ2) is 8.75. The van der Waals surface area contributed by atoms with E-state index in [2.05, 4.69) is 55.6 Å². The van der Waals surface area contributed by atoms with E-state index in [-0.39, 0.29) is 0 Å². The second-order valence-electron chi connectivity index (χ2n) is 8.01. The van der Waals surface area contributed by atoms with Crippen LogP contribution in [0.4, 0.5) is 0 Å². The molecule has 0 saturated heterocycles. The van der Waals surface area contributed by atoms with Gasteiger partial charge in [-0.3, -0.25) is 9.38 Å². The maximum Gasteiger partial charge on any atom is 0.134 e. The van der Waals surface area contributed by atoms with Gasteiger partial charge in [-0.2, -0.15) is 0 Å². The topological polar surface area (TPSA) is 39.4 Å². The molecule has 1 aliphatic rings. The quantitative estimate of drug-likeness (QED) is 0.501. The average Bonchev–Trinajstić information content (AvgIpc) is 3.06. The zero-order valence-electron chi connectivity index (χ0n) is 16.6. The van der Waals surface area contributed by atoms with Crippen LogP contribution in [0.25, 0.3) is 5.52 Å². The lowest BCUT2D eigenvalue weighted by Crippen LogP contribution is -2.26. The van der Waals surface area contributed by atoms with Crippen LogP contribution >= 0.6 is 15.9 Å². The Morgan fingerprint density at radius 1 is 1.18 bits per heavy atom. The van der Waals surface area contributed by atoms with Crippen molar-refractivity contribution in [2.45, 2.75) is 44.9 Å². The van der Waals surface area contributed by atoms with E-state index in [0.717, 1.165) is 34.8 Å². The minimum Gasteiger partial charge on any atom is -0.384 e. The Bertz CT molecular complexity index is 916. The predicted octanol–water partition coefficient (Wildman–Crippen LogP) is 5.58. The van der Waals surface area contributed by atoms with Crippen molar-refractivity contribution in [3.05, 3.63) is 64.4 Å². The van der Waals surface area contributed by atoms with Gasteiger partial charge in [0, 0.05) is 32.0 Å². The molecule has 5 heteroatoms. The van der Waals surface area contributed by atoms with Gasteiger partial charge in [0.15, 0.2) is 0 Å². The van der Waals surface area contributed by atoms with E-state index in [1.807, 2.05) is 26.4 Å². The van der Waals surface area contributed by atoms with E-state index in [4.69, 9.17) is 9.72 Å². The van der Waals surface area contributed by atoms with Crippen molar-refractivity contribution in [3.8, 4) is 0 Å². The first-order valence-electron chi connectivity index (χ1n) is 10.2. The molecule has 28 heavy (non-hydrogen) atoms. The zero-order valence-corrected chi connectivity index (χ0v) is 18.2. The molecule has 1 saturated carbocycles. The highest BCUT2D eigenvalue weighted by molar-refractivity contribution is 9.10. The number of methoxy groups -OCH3 is 1. The Kier molecular flexibility index (Phi) is 6.12. The highest BCUT2D eigenvalue weighted by atomic mass is 79.9. The summed E-state index contributed by atoms with van der Waals surface area (Å²) in [6, 6.07) is 10.8. The number of benzene rings is 1. The monoisotopic (exact) mass is 441 g/mol. The number of halogens is 1. The molecule has 0 aliphatic heterocycles. The molecule has 0 N–H and O–H groups in total. The third-order valence-electron chi connectivity index (χ3n) is 6.25. The van der Waals surface area contributed by atoms with Crippen LogP contribution < -0.4 is 0 Å². The Morgan fingerprint density at radius 2 is 1.93 bits per heavy atom. The van der Waals surface area contributed by atoms with Crippen molar-refractivity contribution in [2.24, 2.45) is 11.8 Å². The second-order valence-corrected chi connectivity index (χ2v) is 8.76. The molecule has 148 valence electrons. The minimum absolute atomic E-state index is 0.511. The fourth-order valence-corrected chi connectivity index (χ4v) is 5.46. The molecule has 1 fully saturated rings. The molecule has 0 spiro atoms. The first kappa shape index (κ1) is 19.6. The molecule has 1 aromatic carbocycles. The minimum atomic E-state index is 0.511. The average molecular weight is 442 g/mol. The summed E-state index contributed by atoms with van der Waals surface area (Å²) in [5, 5.41) is 0. The number of hydrogen-bond acceptors (Lipinski definition) is 3. The van der Waals surface area contributed by atoms with Gasteiger partial charge in [-0.05, 0) is 72.4 Å². The summed E-state index contributed by atoms with van der Waals surface area (Å²) in [7, 11) is 1.83. The first-order chi connectivity index (χ1) is 13.7. The fraction of sp³-hybridized carbons (Fsp3) is 0.478. The van der Waals surface area contributed by atoms with Gasteiger partial charge in [0.05, 0.1) is 5.69 Å². The highest BCUT2D eigenvalue weighted by Crippen LogP contribution is 2.40. The van der Waals surface area contributed by atoms with E-state index in [0.29, 0.717) is 11.8 Å². The smallest absolute Gasteiger partial charge is 0.134 e. The van der Waals surface area contributed by atoms with Gasteiger partial charge in [-0.1, -0.05) is 30.3 Å². The number of aryl methyl sites for hydroxylation is 1. The molecule has 1 atom stereocenters. The maximum absolute atomic E-state index is 5.59. The number of ether oxygens (including phenoxy) is 1. The van der Waals surface area contributed by atoms with E-state index >= 15 is 0 Å². The predicted molar refractivity (Wildman–Crippen MR) is 116 cm³/mol. The first-order valence-corrected chi connectivity index (χ1v) is 11.0. The summed E-state index contributed by atoms with van der Waals surface area (Å²) in [5.74, 6) is 2.99. The lowest BCUT2D eigenvalue weighted by Gasteiger charge is -2.33. The number of fused-ring (bicyclic) bond motifs is 1. The Balaban J connectivity index is 1.47. The molecule has 1 aliphatic carbocycles. The summed E-state index contributed by atoms with van der Waals surface area (Å²) in [5.41, 5.74) is 3.53. The molecule has 2 aromatic heterocycles. The van der Waals surface area contributed by atoms with Gasteiger partial charge < -0.3 is 4.74 Å². The summed E-state index contributed by atoms with van der Waals surface area (Å²) in [6.45, 7) is 2.88. The Morgan fingerprint density at radius 3 is 2.64 bits per heavy atom. The lowest BCUT2D eigenvalue weighted by molar-refractivity contribution is 0.100. The summed E-state index contributed by atoms with van der Waals surface area (Å²) in [6.07, 6.45) is 9.88. The van der Waals surface area contributed by atoms with Crippen LogP contribution in [-0.2, 0) is 11.2 Å². The van der Waals surface area contributed by atoms with E-state index in [1.165, 1.54) is 37.1 Å². The van der Waals surface area contributed by atoms with Crippen molar-refractivity contribution in [2.75, 3.05) is 13.7 Å². The number of hydrogen-bond donors (Lipinski definition) is 0. The van der Waals surface area contributed by atoms with Gasteiger partial charge in [-0.25, -0.2) is 4.98 Å². The largest absolute Gasteiger partial charge is 0.384 e. The molecular formula is C23H28BrN3O. The molecule has 0 amide bonds. The van der Waals surface area contributed by atoms with E-state index < -0.39 is 0 Å². The molecule has 4 nitrogen and oxygen atoms in total. The van der Waals surface area contributed by atoms with Crippen LogP contribution in [0.1, 0.15) is 48.7 Å². The van der Waals surface area contributed by atoms with Crippen LogP contribution in [0.15, 0.2) is 47.3 Å². The summed E-state index contributed by atoms with van der Waals surface area (Å²) < 4.78 is 8.73. The maximum atomic E-state index is 5.59. The van der Waals surface area contributed by atoms with Crippen molar-refractivity contribution in [1.29, 1.82) is 0 Å². The molecule has 1 unspecified atom stereocenters. The van der Waals surface area contributed by atoms with Crippen LogP contribution in [-0.4, -0.2) is 28.1 Å². The third kappa shape index (κ3) is 4.01. The van der Waals surface area contributed by atoms with Crippen LogP contribution in [0.5, 0.6) is 0 Å². The number of rotatable bonds is 6. The van der Waals surface area contributed by atoms with Gasteiger partial charge in [0.25, 0.3) is 0 Å². The Hall–Kier alpha value is -1.72. The van der Waals surface area contributed by atoms with E-state index in [1.54, 1.807) is 0 Å². The SMILES string of the molecule is COCC(Cc1ccccc1)C1CCC(c2nc(Br)c3c(C)nccn23)CC1. The van der Waals surface area contributed by atoms with Crippen molar-refractivity contribution in [3.63, 3.8) is 0 Å². The molecule has 0 radical (unpaired) electrons. The van der Waals surface area contributed by atoms with Crippen molar-refractivity contribution in [1.82, 2.24) is 14.4 Å². The lowest BCUT2D eigenvalue weighted by atomic mass is 9.74. The fourth-order valence-electron chi connectivity index (χ4n) is 4.80. The third-order valence-corrected chi connectivity index (χ3v) is 6.80. The number of nitrogens with zero attached hydrogens (tertiary/aromatic N) is 3. The zero-order chi connectivity index (χ0) is 19.5.